The van der Waals surface area contributed by atoms with Gasteiger partial charge < -0.3 is 15.4 Å². The molecule has 1 aromatic carbocycles. The molecule has 6 nitrogen and oxygen atoms in total. The van der Waals surface area contributed by atoms with Crippen molar-refractivity contribution in [3.8, 4) is 6.07 Å². The molecular formula is C17H21BrN4O2. The minimum Gasteiger partial charge on any atom is -0.379 e. The number of carbonyl (C=O) groups is 1. The van der Waals surface area contributed by atoms with Gasteiger partial charge in [-0.05, 0) is 30.7 Å². The first-order valence-corrected chi connectivity index (χ1v) is 8.60. The largest absolute Gasteiger partial charge is 0.379 e. The SMILES string of the molecule is Cc1cc(Br)ccc1N/C=C(/C#N)C(=O)NCCN1CCOCC1. The second-order valence-corrected chi connectivity index (χ2v) is 6.40. The van der Waals surface area contributed by atoms with Gasteiger partial charge in [0.1, 0.15) is 11.6 Å². The van der Waals surface area contributed by atoms with Gasteiger partial charge in [-0.2, -0.15) is 5.26 Å². The van der Waals surface area contributed by atoms with Crippen molar-refractivity contribution in [1.29, 1.82) is 5.26 Å². The molecule has 1 amide bonds. The Morgan fingerprint density at radius 1 is 1.46 bits per heavy atom. The Hall–Kier alpha value is -1.88. The van der Waals surface area contributed by atoms with Crippen molar-refractivity contribution >= 4 is 27.5 Å². The van der Waals surface area contributed by atoms with Gasteiger partial charge in [0.2, 0.25) is 0 Å². The number of ether oxygens (including phenoxy) is 1. The van der Waals surface area contributed by atoms with Gasteiger partial charge >= 0.3 is 0 Å². The maximum Gasteiger partial charge on any atom is 0.263 e. The Bertz CT molecular complexity index is 648. The number of hydrogen-bond acceptors (Lipinski definition) is 5. The third-order valence-electron chi connectivity index (χ3n) is 3.74. The summed E-state index contributed by atoms with van der Waals surface area (Å²) < 4.78 is 6.26. The molecule has 0 atom stereocenters. The molecule has 0 aromatic heterocycles. The third kappa shape index (κ3) is 5.64. The molecule has 128 valence electrons. The maximum absolute atomic E-state index is 12.1. The second-order valence-electron chi connectivity index (χ2n) is 5.48. The molecule has 7 heteroatoms. The fraction of sp³-hybridized carbons (Fsp3) is 0.412. The molecule has 24 heavy (non-hydrogen) atoms. The summed E-state index contributed by atoms with van der Waals surface area (Å²) >= 11 is 3.40. The van der Waals surface area contributed by atoms with Crippen molar-refractivity contribution in [1.82, 2.24) is 10.2 Å². The molecule has 1 saturated heterocycles. The van der Waals surface area contributed by atoms with Crippen molar-refractivity contribution in [2.24, 2.45) is 0 Å². The highest BCUT2D eigenvalue weighted by molar-refractivity contribution is 9.10. The van der Waals surface area contributed by atoms with E-state index >= 15 is 0 Å². The zero-order valence-electron chi connectivity index (χ0n) is 13.6. The Morgan fingerprint density at radius 2 is 2.21 bits per heavy atom. The first-order valence-electron chi connectivity index (χ1n) is 7.81. The van der Waals surface area contributed by atoms with Gasteiger partial charge in [-0.15, -0.1) is 0 Å². The number of benzene rings is 1. The lowest BCUT2D eigenvalue weighted by Gasteiger charge is -2.26. The standard InChI is InChI=1S/C17H21BrN4O2/c1-13-10-15(18)2-3-16(13)21-12-14(11-19)17(23)20-4-5-22-6-8-24-9-7-22/h2-3,10,12,21H,4-9H2,1H3,(H,20,23)/b14-12-. The number of morpholine rings is 1. The van der Waals surface area contributed by atoms with Gasteiger partial charge in [0.15, 0.2) is 0 Å². The van der Waals surface area contributed by atoms with E-state index in [9.17, 15) is 10.1 Å². The van der Waals surface area contributed by atoms with Crippen LogP contribution in [-0.4, -0.2) is 50.2 Å². The van der Waals surface area contributed by atoms with E-state index in [-0.39, 0.29) is 11.5 Å². The average molecular weight is 393 g/mol. The van der Waals surface area contributed by atoms with Crippen LogP contribution < -0.4 is 10.6 Å². The number of nitrogens with zero attached hydrogens (tertiary/aromatic N) is 2. The first kappa shape index (κ1) is 18.5. The van der Waals surface area contributed by atoms with Crippen molar-refractivity contribution in [2.75, 3.05) is 44.7 Å². The number of nitrogens with one attached hydrogen (secondary N) is 2. The number of aryl methyl sites for hydroxylation is 1. The number of anilines is 1. The Balaban J connectivity index is 1.85. The minimum atomic E-state index is -0.368. The Labute approximate surface area is 150 Å². The van der Waals surface area contributed by atoms with Crippen LogP contribution in [-0.2, 0) is 9.53 Å². The van der Waals surface area contributed by atoms with Crippen LogP contribution in [0.15, 0.2) is 34.4 Å². The molecule has 2 N–H and O–H groups in total. The van der Waals surface area contributed by atoms with Crippen molar-refractivity contribution in [3.63, 3.8) is 0 Å². The highest BCUT2D eigenvalue weighted by Gasteiger charge is 2.12. The van der Waals surface area contributed by atoms with Gasteiger partial charge in [-0.3, -0.25) is 9.69 Å². The average Bonchev–Trinajstić information content (AvgIpc) is 2.58. The van der Waals surface area contributed by atoms with Crippen LogP contribution in [0.4, 0.5) is 5.69 Å². The quantitative estimate of drug-likeness (QED) is 0.571. The molecule has 1 aliphatic rings. The van der Waals surface area contributed by atoms with Gasteiger partial charge in [0, 0.05) is 42.5 Å². The molecule has 1 aromatic rings. The van der Waals surface area contributed by atoms with Crippen molar-refractivity contribution in [3.05, 3.63) is 40.0 Å². The topological polar surface area (TPSA) is 77.4 Å². The van der Waals surface area contributed by atoms with Gasteiger partial charge in [-0.25, -0.2) is 0 Å². The third-order valence-corrected chi connectivity index (χ3v) is 4.24. The summed E-state index contributed by atoms with van der Waals surface area (Å²) in [5, 5.41) is 15.0. The van der Waals surface area contributed by atoms with Gasteiger partial charge in [0.05, 0.1) is 13.2 Å². The van der Waals surface area contributed by atoms with Crippen LogP contribution in [0, 0.1) is 18.3 Å². The molecule has 0 unspecified atom stereocenters. The Kier molecular flexibility index (Phi) is 7.25. The summed E-state index contributed by atoms with van der Waals surface area (Å²) in [5.41, 5.74) is 1.93. The molecule has 1 aliphatic heterocycles. The number of hydrogen-bond donors (Lipinski definition) is 2. The first-order chi connectivity index (χ1) is 11.6. The zero-order chi connectivity index (χ0) is 17.4. The van der Waals surface area contributed by atoms with E-state index in [1.54, 1.807) is 0 Å². The zero-order valence-corrected chi connectivity index (χ0v) is 15.2. The molecule has 0 radical (unpaired) electrons. The fourth-order valence-electron chi connectivity index (χ4n) is 2.34. The lowest BCUT2D eigenvalue weighted by Crippen LogP contribution is -2.41. The molecule has 1 fully saturated rings. The van der Waals surface area contributed by atoms with Crippen LogP contribution >= 0.6 is 15.9 Å². The Morgan fingerprint density at radius 3 is 2.88 bits per heavy atom. The van der Waals surface area contributed by atoms with Gasteiger partial charge in [0.25, 0.3) is 5.91 Å². The van der Waals surface area contributed by atoms with E-state index in [4.69, 9.17) is 4.74 Å². The molecule has 1 heterocycles. The van der Waals surface area contributed by atoms with E-state index < -0.39 is 0 Å². The molecule has 0 aliphatic carbocycles. The smallest absolute Gasteiger partial charge is 0.263 e. The number of nitriles is 1. The summed E-state index contributed by atoms with van der Waals surface area (Å²) in [4.78, 5) is 14.3. The fourth-order valence-corrected chi connectivity index (χ4v) is 2.81. The predicted molar refractivity (Wildman–Crippen MR) is 96.5 cm³/mol. The number of rotatable bonds is 6. The molecular weight excluding hydrogens is 372 g/mol. The predicted octanol–water partition coefficient (Wildman–Crippen LogP) is 2.03. The highest BCUT2D eigenvalue weighted by atomic mass is 79.9. The lowest BCUT2D eigenvalue weighted by atomic mass is 10.2. The van der Waals surface area contributed by atoms with Crippen molar-refractivity contribution < 1.29 is 9.53 Å². The normalized spacial score (nSPS) is 15.6. The van der Waals surface area contributed by atoms with E-state index in [0.717, 1.165) is 48.6 Å². The number of amides is 1. The summed E-state index contributed by atoms with van der Waals surface area (Å²) in [6, 6.07) is 7.69. The van der Waals surface area contributed by atoms with E-state index in [0.29, 0.717) is 6.54 Å². The number of carbonyl (C=O) groups excluding carboxylic acids is 1. The maximum atomic E-state index is 12.1. The summed E-state index contributed by atoms with van der Waals surface area (Å²) in [6.07, 6.45) is 1.44. The summed E-state index contributed by atoms with van der Waals surface area (Å²) in [5.74, 6) is -0.368. The van der Waals surface area contributed by atoms with E-state index in [2.05, 4.69) is 31.5 Å². The second kappa shape index (κ2) is 9.42. The van der Waals surface area contributed by atoms with Crippen LogP contribution in [0.1, 0.15) is 5.56 Å². The van der Waals surface area contributed by atoms with Crippen molar-refractivity contribution in [2.45, 2.75) is 6.92 Å². The monoisotopic (exact) mass is 392 g/mol. The van der Waals surface area contributed by atoms with Crippen LogP contribution in [0.5, 0.6) is 0 Å². The summed E-state index contributed by atoms with van der Waals surface area (Å²) in [6.45, 7) is 6.43. The molecule has 0 spiro atoms. The van der Waals surface area contributed by atoms with Crippen LogP contribution in [0.2, 0.25) is 0 Å². The van der Waals surface area contributed by atoms with E-state index in [1.165, 1.54) is 6.20 Å². The van der Waals surface area contributed by atoms with E-state index in [1.807, 2.05) is 31.2 Å². The minimum absolute atomic E-state index is 0.0549. The molecule has 0 saturated carbocycles. The van der Waals surface area contributed by atoms with Crippen LogP contribution in [0.25, 0.3) is 0 Å². The van der Waals surface area contributed by atoms with Crippen LogP contribution in [0.3, 0.4) is 0 Å². The summed E-state index contributed by atoms with van der Waals surface area (Å²) in [7, 11) is 0. The highest BCUT2D eigenvalue weighted by Crippen LogP contribution is 2.20. The lowest BCUT2D eigenvalue weighted by molar-refractivity contribution is -0.117. The molecule has 2 rings (SSSR count). The number of halogens is 1. The molecule has 0 bridgehead atoms. The van der Waals surface area contributed by atoms with Gasteiger partial charge in [-0.1, -0.05) is 15.9 Å².